The maximum atomic E-state index is 13.1. The Morgan fingerprint density at radius 1 is 0.791 bits per heavy atom. The Hall–Kier alpha value is -3.89. The molecule has 0 radical (unpaired) electrons. The summed E-state index contributed by atoms with van der Waals surface area (Å²) in [4.78, 5) is 12.9. The van der Waals surface area contributed by atoms with Gasteiger partial charge in [-0.25, -0.2) is 4.79 Å². The molecular weight excluding hydrogens is 576 g/mol. The van der Waals surface area contributed by atoms with Crippen LogP contribution in [0, 0.1) is 5.92 Å². The number of hydrogen-bond acceptors (Lipinski definition) is 4. The number of rotatable bonds is 14. The Labute approximate surface area is 247 Å². The molecule has 0 bridgehead atoms. The zero-order chi connectivity index (χ0) is 31.5. The largest absolute Gasteiger partial charge is 0.573 e. The van der Waals surface area contributed by atoms with Crippen molar-refractivity contribution in [2.75, 3.05) is 13.2 Å². The first-order valence-corrected chi connectivity index (χ1v) is 14.0. The summed E-state index contributed by atoms with van der Waals surface area (Å²) in [5, 5.41) is 2.72. The molecule has 0 aliphatic rings. The molecule has 1 atom stereocenters. The van der Waals surface area contributed by atoms with E-state index in [-0.39, 0.29) is 36.6 Å². The van der Waals surface area contributed by atoms with Gasteiger partial charge in [-0.1, -0.05) is 87.7 Å². The Kier molecular flexibility index (Phi) is 11.7. The number of nitrogens with one attached hydrogen (secondary N) is 1. The number of alkyl halides is 6. The van der Waals surface area contributed by atoms with Crippen molar-refractivity contribution >= 4 is 6.09 Å². The molecular formula is C32H35F6NO4. The van der Waals surface area contributed by atoms with E-state index in [4.69, 9.17) is 4.74 Å². The van der Waals surface area contributed by atoms with E-state index >= 15 is 0 Å². The first kappa shape index (κ1) is 33.6. The first-order valence-electron chi connectivity index (χ1n) is 14.0. The van der Waals surface area contributed by atoms with Crippen molar-refractivity contribution in [3.63, 3.8) is 0 Å². The molecule has 5 nitrogen and oxygen atoms in total. The van der Waals surface area contributed by atoms with Crippen molar-refractivity contribution in [2.45, 2.75) is 64.1 Å². The molecule has 0 saturated carbocycles. The average molecular weight is 612 g/mol. The highest BCUT2D eigenvalue weighted by Gasteiger charge is 2.38. The number of benzene rings is 3. The molecule has 0 heterocycles. The molecule has 1 unspecified atom stereocenters. The molecule has 3 aromatic carbocycles. The van der Waals surface area contributed by atoms with Gasteiger partial charge in [0.05, 0.1) is 6.61 Å². The number of alkyl carbamates (subject to hydrolysis) is 1. The average Bonchev–Trinajstić information content (AvgIpc) is 2.94. The van der Waals surface area contributed by atoms with Gasteiger partial charge in [0.2, 0.25) is 0 Å². The van der Waals surface area contributed by atoms with Crippen molar-refractivity contribution in [1.82, 2.24) is 5.32 Å². The van der Waals surface area contributed by atoms with Crippen LogP contribution >= 0.6 is 0 Å². The van der Waals surface area contributed by atoms with Crippen LogP contribution in [-0.2, 0) is 16.6 Å². The molecule has 0 spiro atoms. The van der Waals surface area contributed by atoms with Gasteiger partial charge in [-0.15, -0.1) is 26.3 Å². The third-order valence-corrected chi connectivity index (χ3v) is 7.12. The molecule has 234 valence electrons. The minimum absolute atomic E-state index is 0.0904. The lowest BCUT2D eigenvalue weighted by molar-refractivity contribution is -0.275. The summed E-state index contributed by atoms with van der Waals surface area (Å²) in [6.45, 7) is 4.02. The van der Waals surface area contributed by atoms with Gasteiger partial charge in [-0.3, -0.25) is 0 Å². The summed E-state index contributed by atoms with van der Waals surface area (Å²) >= 11 is 0. The fourth-order valence-corrected chi connectivity index (χ4v) is 4.93. The van der Waals surface area contributed by atoms with Crippen molar-refractivity contribution in [3.8, 4) is 11.5 Å². The van der Waals surface area contributed by atoms with Crippen LogP contribution in [0.15, 0.2) is 78.9 Å². The molecule has 0 saturated heterocycles. The summed E-state index contributed by atoms with van der Waals surface area (Å²) < 4.78 is 92.7. The van der Waals surface area contributed by atoms with Gasteiger partial charge < -0.3 is 19.5 Å². The Bertz CT molecular complexity index is 1240. The smallest absolute Gasteiger partial charge is 0.449 e. The van der Waals surface area contributed by atoms with E-state index in [1.165, 1.54) is 36.4 Å². The van der Waals surface area contributed by atoms with E-state index in [2.05, 4.69) is 21.7 Å². The van der Waals surface area contributed by atoms with E-state index < -0.39 is 35.7 Å². The molecule has 3 aromatic rings. The first-order chi connectivity index (χ1) is 20.3. The third kappa shape index (κ3) is 10.7. The van der Waals surface area contributed by atoms with Crippen LogP contribution in [0.25, 0.3) is 0 Å². The van der Waals surface area contributed by atoms with Gasteiger partial charge in [0, 0.05) is 12.0 Å². The third-order valence-electron chi connectivity index (χ3n) is 7.12. The van der Waals surface area contributed by atoms with E-state index in [1.54, 1.807) is 30.3 Å². The fourth-order valence-electron chi connectivity index (χ4n) is 4.93. The van der Waals surface area contributed by atoms with E-state index in [0.717, 1.165) is 37.8 Å². The minimum Gasteiger partial charge on any atom is -0.449 e. The lowest BCUT2D eigenvalue weighted by atomic mass is 9.70. The second-order valence-corrected chi connectivity index (χ2v) is 10.3. The minimum atomic E-state index is -4.98. The number of ether oxygens (including phenoxy) is 3. The van der Waals surface area contributed by atoms with Crippen molar-refractivity contribution in [3.05, 3.63) is 95.6 Å². The highest BCUT2D eigenvalue weighted by atomic mass is 19.4. The Morgan fingerprint density at radius 2 is 1.35 bits per heavy atom. The van der Waals surface area contributed by atoms with Crippen LogP contribution in [0.1, 0.15) is 56.2 Å². The summed E-state index contributed by atoms with van der Waals surface area (Å²) in [5.41, 5.74) is -0.135. The summed E-state index contributed by atoms with van der Waals surface area (Å²) in [6.07, 6.45) is -6.94. The quantitative estimate of drug-likeness (QED) is 0.185. The normalized spacial score (nSPS) is 12.8. The lowest BCUT2D eigenvalue weighted by Gasteiger charge is -2.36. The van der Waals surface area contributed by atoms with Crippen molar-refractivity contribution < 1.29 is 45.3 Å². The molecule has 3 rings (SSSR count). The molecule has 1 N–H and O–H groups in total. The molecule has 11 heteroatoms. The predicted molar refractivity (Wildman–Crippen MR) is 150 cm³/mol. The van der Waals surface area contributed by atoms with Gasteiger partial charge in [0.1, 0.15) is 11.5 Å². The highest BCUT2D eigenvalue weighted by molar-refractivity contribution is 5.67. The number of carbonyl (C=O) groups is 1. The number of hydrogen-bond donors (Lipinski definition) is 1. The standard InChI is InChI=1S/C32H35F6NO4/c1-3-5-11-23(4-2)21-41-29(40)39-22-30(20-24-12-7-6-8-13-24,25-14-9-16-27(18-25)42-31(33,34)35)26-15-10-17-28(19-26)43-32(36,37)38/h6-10,12-19,23H,3-5,11,20-22H2,1-2H3,(H,39,40). The van der Waals surface area contributed by atoms with Gasteiger partial charge in [-0.05, 0) is 59.7 Å². The number of unbranched alkanes of at least 4 members (excludes halogenated alkanes) is 1. The van der Waals surface area contributed by atoms with Gasteiger partial charge in [0.25, 0.3) is 0 Å². The molecule has 0 aromatic heterocycles. The topological polar surface area (TPSA) is 56.8 Å². The molecule has 0 fully saturated rings. The van der Waals surface area contributed by atoms with E-state index in [1.807, 2.05) is 6.92 Å². The van der Waals surface area contributed by atoms with Gasteiger partial charge in [0.15, 0.2) is 0 Å². The summed E-state index contributed by atoms with van der Waals surface area (Å²) in [5.74, 6) is -0.879. The van der Waals surface area contributed by atoms with Crippen LogP contribution < -0.4 is 14.8 Å². The Morgan fingerprint density at radius 3 is 1.84 bits per heavy atom. The van der Waals surface area contributed by atoms with Gasteiger partial charge >= 0.3 is 18.8 Å². The monoisotopic (exact) mass is 611 g/mol. The highest BCUT2D eigenvalue weighted by Crippen LogP contribution is 2.40. The van der Waals surface area contributed by atoms with Crippen LogP contribution in [-0.4, -0.2) is 32.0 Å². The molecule has 1 amide bonds. The SMILES string of the molecule is CCCCC(CC)COC(=O)NCC(Cc1ccccc1)(c1cccc(OC(F)(F)F)c1)c1cccc(OC(F)(F)F)c1. The predicted octanol–water partition coefficient (Wildman–Crippen LogP) is 8.96. The van der Waals surface area contributed by atoms with Crippen LogP contribution in [0.4, 0.5) is 31.1 Å². The van der Waals surface area contributed by atoms with Crippen molar-refractivity contribution in [2.24, 2.45) is 5.92 Å². The number of carbonyl (C=O) groups excluding carboxylic acids is 1. The van der Waals surface area contributed by atoms with Gasteiger partial charge in [-0.2, -0.15) is 0 Å². The lowest BCUT2D eigenvalue weighted by Crippen LogP contribution is -2.44. The zero-order valence-electron chi connectivity index (χ0n) is 23.9. The van der Waals surface area contributed by atoms with E-state index in [0.29, 0.717) is 5.56 Å². The van der Waals surface area contributed by atoms with Crippen LogP contribution in [0.3, 0.4) is 0 Å². The Balaban J connectivity index is 2.08. The van der Waals surface area contributed by atoms with Crippen molar-refractivity contribution in [1.29, 1.82) is 0 Å². The summed E-state index contributed by atoms with van der Waals surface area (Å²) in [6, 6.07) is 19.2. The second-order valence-electron chi connectivity index (χ2n) is 10.3. The summed E-state index contributed by atoms with van der Waals surface area (Å²) in [7, 11) is 0. The fraction of sp³-hybridized carbons (Fsp3) is 0.406. The maximum absolute atomic E-state index is 13.1. The molecule has 43 heavy (non-hydrogen) atoms. The number of amides is 1. The molecule has 0 aliphatic heterocycles. The molecule has 0 aliphatic carbocycles. The second kappa shape index (κ2) is 15.0. The zero-order valence-corrected chi connectivity index (χ0v) is 23.9. The maximum Gasteiger partial charge on any atom is 0.573 e. The van der Waals surface area contributed by atoms with E-state index in [9.17, 15) is 31.1 Å². The number of halogens is 6. The van der Waals surface area contributed by atoms with Crippen LogP contribution in [0.5, 0.6) is 11.5 Å². The van der Waals surface area contributed by atoms with Crippen LogP contribution in [0.2, 0.25) is 0 Å².